The molecule has 0 amide bonds. The van der Waals surface area contributed by atoms with Gasteiger partial charge in [-0.1, -0.05) is 76.3 Å². The Bertz CT molecular complexity index is 381. The van der Waals surface area contributed by atoms with Crippen molar-refractivity contribution in [1.82, 2.24) is 0 Å². The maximum absolute atomic E-state index is 6.00. The fourth-order valence-corrected chi connectivity index (χ4v) is 3.03. The van der Waals surface area contributed by atoms with Crippen molar-refractivity contribution in [1.29, 1.82) is 0 Å². The summed E-state index contributed by atoms with van der Waals surface area (Å²) >= 11 is 9.54. The number of halogens is 2. The summed E-state index contributed by atoms with van der Waals surface area (Å²) in [6, 6.07) is 5.86. The molecular formula is C18H29BrClN. The van der Waals surface area contributed by atoms with E-state index >= 15 is 0 Å². The van der Waals surface area contributed by atoms with Crippen LogP contribution in [0.3, 0.4) is 0 Å². The molecule has 1 rings (SSSR count). The molecule has 0 fully saturated rings. The van der Waals surface area contributed by atoms with Gasteiger partial charge in [0.05, 0.1) is 0 Å². The Morgan fingerprint density at radius 3 is 2.10 bits per heavy atom. The van der Waals surface area contributed by atoms with Crippen LogP contribution in [0.2, 0.25) is 5.02 Å². The summed E-state index contributed by atoms with van der Waals surface area (Å²) in [6.07, 6.45) is 13.8. The van der Waals surface area contributed by atoms with Gasteiger partial charge in [-0.05, 0) is 40.5 Å². The molecule has 1 aromatic rings. The number of benzene rings is 1. The summed E-state index contributed by atoms with van der Waals surface area (Å²) in [5.74, 6) is 0. The first kappa shape index (κ1) is 18.8. The first-order valence-corrected chi connectivity index (χ1v) is 9.60. The van der Waals surface area contributed by atoms with Crippen LogP contribution in [0.25, 0.3) is 0 Å². The summed E-state index contributed by atoms with van der Waals surface area (Å²) in [5, 5.41) is 4.23. The van der Waals surface area contributed by atoms with Crippen LogP contribution in [0.5, 0.6) is 0 Å². The van der Waals surface area contributed by atoms with E-state index in [0.717, 1.165) is 21.7 Å². The Labute approximate surface area is 144 Å². The number of nitrogens with one attached hydrogen (secondary N) is 1. The number of hydrogen-bond donors (Lipinski definition) is 1. The monoisotopic (exact) mass is 373 g/mol. The Morgan fingerprint density at radius 1 is 0.905 bits per heavy atom. The van der Waals surface area contributed by atoms with Crippen molar-refractivity contribution >= 4 is 33.2 Å². The maximum Gasteiger partial charge on any atom is 0.0499 e. The number of anilines is 1. The minimum Gasteiger partial charge on any atom is -0.384 e. The third-order valence-electron chi connectivity index (χ3n) is 3.77. The molecule has 21 heavy (non-hydrogen) atoms. The highest BCUT2D eigenvalue weighted by Gasteiger charge is 1.99. The second-order valence-electron chi connectivity index (χ2n) is 5.73. The van der Waals surface area contributed by atoms with Gasteiger partial charge >= 0.3 is 0 Å². The summed E-state index contributed by atoms with van der Waals surface area (Å²) in [7, 11) is 0. The number of unbranched alkanes of at least 4 members (excludes halogenated alkanes) is 9. The summed E-state index contributed by atoms with van der Waals surface area (Å²) in [6.45, 7) is 3.30. The van der Waals surface area contributed by atoms with Gasteiger partial charge < -0.3 is 5.32 Å². The van der Waals surface area contributed by atoms with Crippen LogP contribution < -0.4 is 5.32 Å². The predicted molar refractivity (Wildman–Crippen MR) is 99.5 cm³/mol. The van der Waals surface area contributed by atoms with Crippen LogP contribution >= 0.6 is 27.5 Å². The van der Waals surface area contributed by atoms with Gasteiger partial charge in [0.1, 0.15) is 0 Å². The zero-order chi connectivity index (χ0) is 15.3. The van der Waals surface area contributed by atoms with E-state index < -0.39 is 0 Å². The van der Waals surface area contributed by atoms with Gasteiger partial charge in [-0.15, -0.1) is 0 Å². The molecule has 1 aromatic carbocycles. The topological polar surface area (TPSA) is 12.0 Å². The van der Waals surface area contributed by atoms with Crippen LogP contribution in [0.15, 0.2) is 22.7 Å². The third kappa shape index (κ3) is 9.42. The Morgan fingerprint density at radius 2 is 1.48 bits per heavy atom. The first-order chi connectivity index (χ1) is 10.2. The molecule has 0 aliphatic rings. The lowest BCUT2D eigenvalue weighted by Crippen LogP contribution is -2.02. The molecule has 0 aromatic heterocycles. The highest BCUT2D eigenvalue weighted by atomic mass is 79.9. The number of rotatable bonds is 12. The first-order valence-electron chi connectivity index (χ1n) is 8.43. The molecule has 1 N–H and O–H groups in total. The van der Waals surface area contributed by atoms with E-state index in [-0.39, 0.29) is 0 Å². The van der Waals surface area contributed by atoms with Gasteiger partial charge in [0, 0.05) is 21.7 Å². The zero-order valence-electron chi connectivity index (χ0n) is 13.3. The van der Waals surface area contributed by atoms with Crippen LogP contribution in [0.4, 0.5) is 5.69 Å². The van der Waals surface area contributed by atoms with E-state index in [1.54, 1.807) is 0 Å². The van der Waals surface area contributed by atoms with Gasteiger partial charge in [0.25, 0.3) is 0 Å². The average molecular weight is 375 g/mol. The molecule has 120 valence electrons. The summed E-state index contributed by atoms with van der Waals surface area (Å²) in [5.41, 5.74) is 1.10. The molecule has 0 bridgehead atoms. The molecule has 0 spiro atoms. The lowest BCUT2D eigenvalue weighted by molar-refractivity contribution is 0.560. The standard InChI is InChI=1S/C18H29BrClN/c1-2-3-4-5-6-7-8-9-10-11-14-21-18-15-16(20)12-13-17(18)19/h12-13,15,21H,2-11,14H2,1H3. The fourth-order valence-electron chi connectivity index (χ4n) is 2.47. The summed E-state index contributed by atoms with van der Waals surface area (Å²) in [4.78, 5) is 0. The van der Waals surface area contributed by atoms with Gasteiger partial charge in [-0.25, -0.2) is 0 Å². The third-order valence-corrected chi connectivity index (χ3v) is 4.70. The van der Waals surface area contributed by atoms with Gasteiger partial charge in [0.2, 0.25) is 0 Å². The fraction of sp³-hybridized carbons (Fsp3) is 0.667. The Balaban J connectivity index is 1.94. The van der Waals surface area contributed by atoms with Crippen molar-refractivity contribution in [3.05, 3.63) is 27.7 Å². The van der Waals surface area contributed by atoms with Crippen LogP contribution in [0, 0.1) is 0 Å². The van der Waals surface area contributed by atoms with E-state index in [2.05, 4.69) is 28.2 Å². The van der Waals surface area contributed by atoms with Crippen LogP contribution in [-0.4, -0.2) is 6.54 Å². The average Bonchev–Trinajstić information content (AvgIpc) is 2.48. The predicted octanol–water partition coefficient (Wildman–Crippen LogP) is 7.44. The van der Waals surface area contributed by atoms with Crippen molar-refractivity contribution in [2.75, 3.05) is 11.9 Å². The molecule has 0 aliphatic heterocycles. The quantitative estimate of drug-likeness (QED) is 0.375. The zero-order valence-corrected chi connectivity index (χ0v) is 15.6. The molecule has 3 heteroatoms. The summed E-state index contributed by atoms with van der Waals surface area (Å²) < 4.78 is 1.08. The minimum atomic E-state index is 0.781. The molecule has 0 atom stereocenters. The van der Waals surface area contributed by atoms with Crippen molar-refractivity contribution in [2.24, 2.45) is 0 Å². The van der Waals surface area contributed by atoms with Crippen LogP contribution in [0.1, 0.15) is 71.1 Å². The molecule has 0 radical (unpaired) electrons. The van der Waals surface area contributed by atoms with Gasteiger partial charge in [-0.3, -0.25) is 0 Å². The van der Waals surface area contributed by atoms with E-state index in [1.807, 2.05) is 18.2 Å². The molecular weight excluding hydrogens is 346 g/mol. The molecule has 0 saturated heterocycles. The van der Waals surface area contributed by atoms with Crippen LogP contribution in [-0.2, 0) is 0 Å². The van der Waals surface area contributed by atoms with Crippen molar-refractivity contribution < 1.29 is 0 Å². The molecule has 0 heterocycles. The second-order valence-corrected chi connectivity index (χ2v) is 7.02. The minimum absolute atomic E-state index is 0.781. The second kappa shape index (κ2) is 12.3. The largest absolute Gasteiger partial charge is 0.384 e. The Hall–Kier alpha value is -0.210. The lowest BCUT2D eigenvalue weighted by Gasteiger charge is -2.09. The van der Waals surface area contributed by atoms with E-state index in [9.17, 15) is 0 Å². The van der Waals surface area contributed by atoms with E-state index in [0.29, 0.717) is 0 Å². The highest BCUT2D eigenvalue weighted by Crippen LogP contribution is 2.25. The van der Waals surface area contributed by atoms with Crippen molar-refractivity contribution in [2.45, 2.75) is 71.1 Å². The number of hydrogen-bond acceptors (Lipinski definition) is 1. The molecule has 0 unspecified atom stereocenters. The Kier molecular flexibility index (Phi) is 11.1. The van der Waals surface area contributed by atoms with E-state index in [4.69, 9.17) is 11.6 Å². The van der Waals surface area contributed by atoms with E-state index in [1.165, 1.54) is 64.2 Å². The molecule has 1 nitrogen and oxygen atoms in total. The smallest absolute Gasteiger partial charge is 0.0499 e. The molecule has 0 saturated carbocycles. The molecule has 0 aliphatic carbocycles. The lowest BCUT2D eigenvalue weighted by atomic mass is 10.1. The normalized spacial score (nSPS) is 10.8. The van der Waals surface area contributed by atoms with Gasteiger partial charge in [-0.2, -0.15) is 0 Å². The van der Waals surface area contributed by atoms with Gasteiger partial charge in [0.15, 0.2) is 0 Å². The SMILES string of the molecule is CCCCCCCCCCCCNc1cc(Cl)ccc1Br. The maximum atomic E-state index is 6.00. The van der Waals surface area contributed by atoms with Crippen molar-refractivity contribution in [3.63, 3.8) is 0 Å². The van der Waals surface area contributed by atoms with Crippen molar-refractivity contribution in [3.8, 4) is 0 Å². The highest BCUT2D eigenvalue weighted by molar-refractivity contribution is 9.10.